The SMILES string of the molecule is c1ccc(-n2c3ccccc3c3c2c2ccc4c5ccccc5oc4c2n3-c2ccccc2)cc1. The van der Waals surface area contributed by atoms with Gasteiger partial charge in [0.25, 0.3) is 0 Å². The first-order chi connectivity index (χ1) is 17.4. The molecular formula is C32H20N2O. The van der Waals surface area contributed by atoms with Crippen LogP contribution >= 0.6 is 0 Å². The number of hydrogen-bond donors (Lipinski definition) is 0. The van der Waals surface area contributed by atoms with E-state index in [1.165, 1.54) is 27.3 Å². The van der Waals surface area contributed by atoms with Gasteiger partial charge in [0.2, 0.25) is 0 Å². The van der Waals surface area contributed by atoms with E-state index in [0.29, 0.717) is 0 Å². The number of para-hydroxylation sites is 4. The van der Waals surface area contributed by atoms with Gasteiger partial charge >= 0.3 is 0 Å². The maximum absolute atomic E-state index is 6.55. The highest BCUT2D eigenvalue weighted by molar-refractivity contribution is 6.26. The lowest BCUT2D eigenvalue weighted by molar-refractivity contribution is 0.671. The fourth-order valence-corrected chi connectivity index (χ4v) is 5.68. The number of hydrogen-bond acceptors (Lipinski definition) is 1. The van der Waals surface area contributed by atoms with E-state index in [1.54, 1.807) is 0 Å². The van der Waals surface area contributed by atoms with Crippen LogP contribution in [0.15, 0.2) is 126 Å². The van der Waals surface area contributed by atoms with Gasteiger partial charge in [0.05, 0.1) is 22.1 Å². The summed E-state index contributed by atoms with van der Waals surface area (Å²) in [5.74, 6) is 0. The van der Waals surface area contributed by atoms with Crippen molar-refractivity contribution in [3.05, 3.63) is 121 Å². The quantitative estimate of drug-likeness (QED) is 0.259. The first kappa shape index (κ1) is 18.6. The Morgan fingerprint density at radius 3 is 1.74 bits per heavy atom. The molecule has 0 spiro atoms. The normalized spacial score (nSPS) is 12.0. The molecule has 164 valence electrons. The molecule has 0 aliphatic rings. The molecule has 8 aromatic rings. The molecule has 5 aromatic carbocycles. The van der Waals surface area contributed by atoms with Crippen LogP contribution in [0.3, 0.4) is 0 Å². The molecule has 0 saturated heterocycles. The van der Waals surface area contributed by atoms with Crippen molar-refractivity contribution in [2.24, 2.45) is 0 Å². The first-order valence-corrected chi connectivity index (χ1v) is 11.9. The smallest absolute Gasteiger partial charge is 0.160 e. The topological polar surface area (TPSA) is 23.0 Å². The second-order valence-corrected chi connectivity index (χ2v) is 8.99. The lowest BCUT2D eigenvalue weighted by atomic mass is 10.1. The zero-order chi connectivity index (χ0) is 22.9. The van der Waals surface area contributed by atoms with Gasteiger partial charge in [0, 0.05) is 32.9 Å². The third kappa shape index (κ3) is 2.44. The Morgan fingerprint density at radius 2 is 0.971 bits per heavy atom. The van der Waals surface area contributed by atoms with Crippen LogP contribution < -0.4 is 0 Å². The second-order valence-electron chi connectivity index (χ2n) is 8.99. The van der Waals surface area contributed by atoms with Crippen molar-refractivity contribution in [2.75, 3.05) is 0 Å². The monoisotopic (exact) mass is 448 g/mol. The molecule has 3 aromatic heterocycles. The molecule has 8 rings (SSSR count). The first-order valence-electron chi connectivity index (χ1n) is 11.9. The Hall–Kier alpha value is -4.76. The second kappa shape index (κ2) is 6.87. The maximum atomic E-state index is 6.55. The third-order valence-electron chi connectivity index (χ3n) is 7.10. The lowest BCUT2D eigenvalue weighted by Gasteiger charge is -2.09. The summed E-state index contributed by atoms with van der Waals surface area (Å²) in [5, 5.41) is 4.68. The number of benzene rings is 5. The van der Waals surface area contributed by atoms with Crippen molar-refractivity contribution < 1.29 is 4.42 Å². The van der Waals surface area contributed by atoms with Crippen LogP contribution in [-0.2, 0) is 0 Å². The zero-order valence-electron chi connectivity index (χ0n) is 18.8. The Bertz CT molecular complexity index is 2040. The van der Waals surface area contributed by atoms with E-state index in [4.69, 9.17) is 4.42 Å². The van der Waals surface area contributed by atoms with E-state index in [9.17, 15) is 0 Å². The summed E-state index contributed by atoms with van der Waals surface area (Å²) >= 11 is 0. The number of furan rings is 1. The van der Waals surface area contributed by atoms with Crippen LogP contribution in [0.25, 0.3) is 66.2 Å². The van der Waals surface area contributed by atoms with E-state index in [0.717, 1.165) is 38.8 Å². The molecule has 3 heteroatoms. The predicted octanol–water partition coefficient (Wildman–Crippen LogP) is 8.63. The zero-order valence-corrected chi connectivity index (χ0v) is 18.8. The van der Waals surface area contributed by atoms with E-state index >= 15 is 0 Å². The number of nitrogens with zero attached hydrogens (tertiary/aromatic N) is 2. The number of aromatic nitrogens is 2. The Labute approximate surface area is 201 Å². The fourth-order valence-electron chi connectivity index (χ4n) is 5.68. The van der Waals surface area contributed by atoms with Gasteiger partial charge in [-0.1, -0.05) is 72.8 Å². The molecule has 0 aliphatic carbocycles. The molecule has 0 aliphatic heterocycles. The van der Waals surface area contributed by atoms with Crippen molar-refractivity contribution >= 4 is 54.8 Å². The Kier molecular flexibility index (Phi) is 3.66. The van der Waals surface area contributed by atoms with Crippen LogP contribution in [0.2, 0.25) is 0 Å². The van der Waals surface area contributed by atoms with E-state index in [2.05, 4.69) is 124 Å². The molecule has 0 fully saturated rings. The van der Waals surface area contributed by atoms with E-state index in [1.807, 2.05) is 6.07 Å². The summed E-state index contributed by atoms with van der Waals surface area (Å²) in [6.07, 6.45) is 0. The van der Waals surface area contributed by atoms with Crippen molar-refractivity contribution in [1.82, 2.24) is 9.13 Å². The summed E-state index contributed by atoms with van der Waals surface area (Å²) in [6.45, 7) is 0. The maximum Gasteiger partial charge on any atom is 0.160 e. The molecule has 0 radical (unpaired) electrons. The molecule has 0 amide bonds. The Morgan fingerprint density at radius 1 is 0.400 bits per heavy atom. The van der Waals surface area contributed by atoms with Crippen LogP contribution in [0, 0.1) is 0 Å². The van der Waals surface area contributed by atoms with Crippen LogP contribution in [0.4, 0.5) is 0 Å². The summed E-state index contributed by atoms with van der Waals surface area (Å²) in [7, 11) is 0. The molecular weight excluding hydrogens is 428 g/mol. The van der Waals surface area contributed by atoms with Crippen LogP contribution in [0.1, 0.15) is 0 Å². The molecule has 0 saturated carbocycles. The van der Waals surface area contributed by atoms with Gasteiger partial charge in [-0.05, 0) is 48.5 Å². The summed E-state index contributed by atoms with van der Waals surface area (Å²) in [6, 6.07) is 42.7. The predicted molar refractivity (Wildman–Crippen MR) is 145 cm³/mol. The van der Waals surface area contributed by atoms with E-state index < -0.39 is 0 Å². The average molecular weight is 449 g/mol. The van der Waals surface area contributed by atoms with Gasteiger partial charge in [0.15, 0.2) is 5.58 Å². The molecule has 0 bridgehead atoms. The van der Waals surface area contributed by atoms with Crippen molar-refractivity contribution in [2.45, 2.75) is 0 Å². The molecule has 3 heterocycles. The van der Waals surface area contributed by atoms with Crippen molar-refractivity contribution in [1.29, 1.82) is 0 Å². The summed E-state index contributed by atoms with van der Waals surface area (Å²) < 4.78 is 11.3. The van der Waals surface area contributed by atoms with Gasteiger partial charge in [-0.2, -0.15) is 0 Å². The highest BCUT2D eigenvalue weighted by atomic mass is 16.3. The van der Waals surface area contributed by atoms with Crippen molar-refractivity contribution in [3.63, 3.8) is 0 Å². The summed E-state index contributed by atoms with van der Waals surface area (Å²) in [5.41, 5.74) is 8.79. The van der Waals surface area contributed by atoms with E-state index in [-0.39, 0.29) is 0 Å². The summed E-state index contributed by atoms with van der Waals surface area (Å²) in [4.78, 5) is 0. The fraction of sp³-hybridized carbons (Fsp3) is 0. The van der Waals surface area contributed by atoms with Crippen LogP contribution in [0.5, 0.6) is 0 Å². The molecule has 35 heavy (non-hydrogen) atoms. The highest BCUT2D eigenvalue weighted by Gasteiger charge is 2.24. The molecule has 0 atom stereocenters. The lowest BCUT2D eigenvalue weighted by Crippen LogP contribution is -1.93. The largest absolute Gasteiger partial charge is 0.454 e. The minimum absolute atomic E-state index is 0.913. The van der Waals surface area contributed by atoms with Gasteiger partial charge in [0.1, 0.15) is 5.58 Å². The highest BCUT2D eigenvalue weighted by Crippen LogP contribution is 2.44. The number of fused-ring (bicyclic) bond motifs is 9. The van der Waals surface area contributed by atoms with Crippen LogP contribution in [-0.4, -0.2) is 9.13 Å². The van der Waals surface area contributed by atoms with Gasteiger partial charge in [-0.3, -0.25) is 0 Å². The van der Waals surface area contributed by atoms with Gasteiger partial charge < -0.3 is 13.6 Å². The average Bonchev–Trinajstić information content (AvgIpc) is 3.57. The third-order valence-corrected chi connectivity index (χ3v) is 7.10. The Balaban J connectivity index is 1.69. The molecule has 3 nitrogen and oxygen atoms in total. The standard InChI is InChI=1S/C32H20N2O/c1-3-11-21(12-4-1)33-27-17-9-7-16-25(27)29-30(33)26-20-19-24-23-15-8-10-18-28(23)35-32(24)31(26)34(29)22-13-5-2-6-14-22/h1-20H. The molecule has 0 unspecified atom stereocenters. The van der Waals surface area contributed by atoms with Crippen molar-refractivity contribution in [3.8, 4) is 11.4 Å². The van der Waals surface area contributed by atoms with Gasteiger partial charge in [-0.25, -0.2) is 0 Å². The number of rotatable bonds is 2. The van der Waals surface area contributed by atoms with Gasteiger partial charge in [-0.15, -0.1) is 0 Å². The molecule has 0 N–H and O–H groups in total. The minimum Gasteiger partial charge on any atom is -0.454 e. The minimum atomic E-state index is 0.913.